The van der Waals surface area contributed by atoms with E-state index in [-0.39, 0.29) is 5.91 Å². The average molecular weight is 425 g/mol. The van der Waals surface area contributed by atoms with Crippen molar-refractivity contribution in [2.45, 2.75) is 81.3 Å². The van der Waals surface area contributed by atoms with Gasteiger partial charge in [0, 0.05) is 42.2 Å². The molecule has 6 heteroatoms. The van der Waals surface area contributed by atoms with E-state index in [1.54, 1.807) is 11.8 Å². The molecule has 1 N–H and O–H groups in total. The number of aryl methyl sites for hydroxylation is 1. The van der Waals surface area contributed by atoms with Crippen LogP contribution in [0, 0.1) is 0 Å². The normalized spacial score (nSPS) is 17.0. The number of thioether (sulfide) groups is 1. The van der Waals surface area contributed by atoms with E-state index in [0.717, 1.165) is 52.8 Å². The van der Waals surface area contributed by atoms with Crippen molar-refractivity contribution in [1.82, 2.24) is 15.3 Å². The monoisotopic (exact) mass is 424 g/mol. The molecule has 1 aromatic carbocycles. The van der Waals surface area contributed by atoms with Crippen molar-refractivity contribution in [1.29, 1.82) is 0 Å². The van der Waals surface area contributed by atoms with Gasteiger partial charge in [0.25, 0.3) is 5.91 Å². The molecule has 0 saturated heterocycles. The maximum atomic E-state index is 12.3. The van der Waals surface area contributed by atoms with Gasteiger partial charge in [-0.3, -0.25) is 4.79 Å². The van der Waals surface area contributed by atoms with Crippen molar-refractivity contribution in [3.8, 4) is 0 Å². The van der Waals surface area contributed by atoms with Crippen LogP contribution in [0.2, 0.25) is 0 Å². The lowest BCUT2D eigenvalue weighted by atomic mass is 9.94. The highest BCUT2D eigenvalue weighted by molar-refractivity contribution is 7.98. The highest BCUT2D eigenvalue weighted by atomic mass is 32.2. The highest BCUT2D eigenvalue weighted by Gasteiger charge is 2.24. The van der Waals surface area contributed by atoms with Crippen LogP contribution in [0.1, 0.15) is 73.5 Å². The molecule has 2 saturated carbocycles. The van der Waals surface area contributed by atoms with Crippen LogP contribution >= 0.6 is 11.8 Å². The number of benzene rings is 1. The number of aromatic nitrogens is 2. The van der Waals surface area contributed by atoms with E-state index in [9.17, 15) is 4.79 Å². The number of hydrogen-bond acceptors (Lipinski definition) is 5. The van der Waals surface area contributed by atoms with Gasteiger partial charge in [0.2, 0.25) is 0 Å². The van der Waals surface area contributed by atoms with E-state index in [2.05, 4.69) is 36.3 Å². The number of carbonyl (C=O) groups is 1. The Morgan fingerprint density at radius 1 is 1.13 bits per heavy atom. The SMILES string of the molecule is CCc1cc(N(C)C2CCCCC2)nc(SCc2cccc(C(=O)NC3CC3)c2)n1. The van der Waals surface area contributed by atoms with Crippen molar-refractivity contribution in [2.75, 3.05) is 11.9 Å². The van der Waals surface area contributed by atoms with Gasteiger partial charge in [-0.1, -0.05) is 50.1 Å². The zero-order valence-corrected chi connectivity index (χ0v) is 18.9. The summed E-state index contributed by atoms with van der Waals surface area (Å²) < 4.78 is 0. The predicted molar refractivity (Wildman–Crippen MR) is 123 cm³/mol. The topological polar surface area (TPSA) is 58.1 Å². The van der Waals surface area contributed by atoms with E-state index < -0.39 is 0 Å². The smallest absolute Gasteiger partial charge is 0.251 e. The fourth-order valence-corrected chi connectivity index (χ4v) is 4.80. The standard InChI is InChI=1S/C24H32N4OS/c1-3-19-15-22(28(2)21-10-5-4-6-11-21)27-24(26-19)30-16-17-8-7-9-18(14-17)23(29)25-20-12-13-20/h7-9,14-15,20-21H,3-6,10-13,16H2,1-2H3,(H,25,29). The van der Waals surface area contributed by atoms with Crippen LogP contribution in [0.4, 0.5) is 5.82 Å². The van der Waals surface area contributed by atoms with E-state index in [4.69, 9.17) is 9.97 Å². The third-order valence-corrected chi connectivity index (χ3v) is 6.98. The number of rotatable bonds is 8. The van der Waals surface area contributed by atoms with Crippen LogP contribution in [0.25, 0.3) is 0 Å². The van der Waals surface area contributed by atoms with E-state index in [0.29, 0.717) is 12.1 Å². The van der Waals surface area contributed by atoms with Crippen LogP contribution in [0.3, 0.4) is 0 Å². The van der Waals surface area contributed by atoms with Gasteiger partial charge in [-0.25, -0.2) is 9.97 Å². The number of nitrogens with one attached hydrogen (secondary N) is 1. The fraction of sp³-hybridized carbons (Fsp3) is 0.542. The molecule has 2 aromatic rings. The van der Waals surface area contributed by atoms with Gasteiger partial charge in [0.15, 0.2) is 5.16 Å². The molecular weight excluding hydrogens is 392 g/mol. The van der Waals surface area contributed by atoms with Crippen LogP contribution in [-0.4, -0.2) is 35.0 Å². The first-order valence-electron chi connectivity index (χ1n) is 11.3. The second-order valence-corrected chi connectivity index (χ2v) is 9.44. The van der Waals surface area contributed by atoms with Crippen LogP contribution in [-0.2, 0) is 12.2 Å². The van der Waals surface area contributed by atoms with Crippen LogP contribution in [0.15, 0.2) is 35.5 Å². The quantitative estimate of drug-likeness (QED) is 0.478. The van der Waals surface area contributed by atoms with Gasteiger partial charge >= 0.3 is 0 Å². The summed E-state index contributed by atoms with van der Waals surface area (Å²) >= 11 is 1.65. The minimum absolute atomic E-state index is 0.0324. The molecule has 0 unspecified atom stereocenters. The van der Waals surface area contributed by atoms with Gasteiger partial charge in [-0.15, -0.1) is 0 Å². The molecule has 2 aliphatic carbocycles. The molecule has 5 nitrogen and oxygen atoms in total. The van der Waals surface area contributed by atoms with Gasteiger partial charge in [-0.05, 0) is 49.8 Å². The van der Waals surface area contributed by atoms with E-state index in [1.807, 2.05) is 18.2 Å². The van der Waals surface area contributed by atoms with Crippen molar-refractivity contribution >= 4 is 23.5 Å². The maximum absolute atomic E-state index is 12.3. The van der Waals surface area contributed by atoms with Crippen molar-refractivity contribution in [2.24, 2.45) is 0 Å². The molecule has 0 radical (unpaired) electrons. The van der Waals surface area contributed by atoms with Gasteiger partial charge in [0.1, 0.15) is 5.82 Å². The fourth-order valence-electron chi connectivity index (χ4n) is 3.99. The number of carbonyl (C=O) groups excluding carboxylic acids is 1. The summed E-state index contributed by atoms with van der Waals surface area (Å²) in [6.07, 6.45) is 9.58. The first kappa shape index (κ1) is 21.2. The lowest BCUT2D eigenvalue weighted by Crippen LogP contribution is -2.34. The Labute approximate surface area is 184 Å². The molecule has 1 aromatic heterocycles. The summed E-state index contributed by atoms with van der Waals surface area (Å²) in [5, 5.41) is 3.88. The summed E-state index contributed by atoms with van der Waals surface area (Å²) in [5.74, 6) is 1.82. The summed E-state index contributed by atoms with van der Waals surface area (Å²) in [6.45, 7) is 2.14. The van der Waals surface area contributed by atoms with Crippen molar-refractivity contribution in [3.05, 3.63) is 47.2 Å². The van der Waals surface area contributed by atoms with E-state index >= 15 is 0 Å². The largest absolute Gasteiger partial charge is 0.357 e. The molecule has 0 spiro atoms. The Kier molecular flexibility index (Phi) is 6.93. The minimum atomic E-state index is 0.0324. The number of amides is 1. The second kappa shape index (κ2) is 9.82. The lowest BCUT2D eigenvalue weighted by Gasteiger charge is -2.32. The molecular formula is C24H32N4OS. The second-order valence-electron chi connectivity index (χ2n) is 8.49. The molecule has 1 heterocycles. The third kappa shape index (κ3) is 5.54. The summed E-state index contributed by atoms with van der Waals surface area (Å²) in [7, 11) is 2.17. The first-order valence-corrected chi connectivity index (χ1v) is 12.2. The maximum Gasteiger partial charge on any atom is 0.251 e. The first-order chi connectivity index (χ1) is 14.6. The van der Waals surface area contributed by atoms with Gasteiger partial charge < -0.3 is 10.2 Å². The van der Waals surface area contributed by atoms with Crippen LogP contribution in [0.5, 0.6) is 0 Å². The Hall–Kier alpha value is -2.08. The number of nitrogens with zero attached hydrogens (tertiary/aromatic N) is 3. The Morgan fingerprint density at radius 3 is 2.67 bits per heavy atom. The minimum Gasteiger partial charge on any atom is -0.357 e. The Morgan fingerprint density at radius 2 is 1.93 bits per heavy atom. The Bertz CT molecular complexity index is 877. The van der Waals surface area contributed by atoms with Gasteiger partial charge in [-0.2, -0.15) is 0 Å². The predicted octanol–water partition coefficient (Wildman–Crippen LogP) is 4.99. The number of hydrogen-bond donors (Lipinski definition) is 1. The summed E-state index contributed by atoms with van der Waals surface area (Å²) in [4.78, 5) is 24.3. The zero-order valence-electron chi connectivity index (χ0n) is 18.1. The van der Waals surface area contributed by atoms with Crippen molar-refractivity contribution in [3.63, 3.8) is 0 Å². The summed E-state index contributed by atoms with van der Waals surface area (Å²) in [6, 6.07) is 11.0. The molecule has 0 bridgehead atoms. The molecule has 2 aliphatic rings. The molecule has 160 valence electrons. The molecule has 0 atom stereocenters. The van der Waals surface area contributed by atoms with Crippen molar-refractivity contribution < 1.29 is 4.79 Å². The summed E-state index contributed by atoms with van der Waals surface area (Å²) in [5.41, 5.74) is 2.94. The zero-order chi connectivity index (χ0) is 20.9. The van der Waals surface area contributed by atoms with Gasteiger partial charge in [0.05, 0.1) is 0 Å². The molecule has 4 rings (SSSR count). The molecule has 1 amide bonds. The highest BCUT2D eigenvalue weighted by Crippen LogP contribution is 2.28. The van der Waals surface area contributed by atoms with Crippen LogP contribution < -0.4 is 10.2 Å². The number of anilines is 1. The third-order valence-electron chi connectivity index (χ3n) is 6.06. The molecule has 0 aliphatic heterocycles. The Balaban J connectivity index is 1.44. The lowest BCUT2D eigenvalue weighted by molar-refractivity contribution is 0.0951. The van der Waals surface area contributed by atoms with E-state index in [1.165, 1.54) is 32.1 Å². The molecule has 2 fully saturated rings. The molecule has 30 heavy (non-hydrogen) atoms. The average Bonchev–Trinajstić information content (AvgIpc) is 3.61.